The molecule has 1 aliphatic heterocycles. The summed E-state index contributed by atoms with van der Waals surface area (Å²) in [5.74, 6) is 0.794. The molecule has 0 saturated carbocycles. The van der Waals surface area contributed by atoms with E-state index in [9.17, 15) is 4.79 Å². The molecule has 1 fully saturated rings. The average Bonchev–Trinajstić information content (AvgIpc) is 2.47. The van der Waals surface area contributed by atoms with E-state index in [0.717, 1.165) is 39.1 Å². The zero-order valence-electron chi connectivity index (χ0n) is 14.1. The number of carbonyl (C=O) groups is 1. The van der Waals surface area contributed by atoms with Gasteiger partial charge in [0.2, 0.25) is 5.91 Å². The smallest absolute Gasteiger partial charge is 0.234 e. The quantitative estimate of drug-likeness (QED) is 0.876. The van der Waals surface area contributed by atoms with Crippen molar-refractivity contribution in [1.82, 2.24) is 10.2 Å². The number of nitrogens with zero attached hydrogens (tertiary/aromatic N) is 2. The van der Waals surface area contributed by atoms with Gasteiger partial charge >= 0.3 is 0 Å². The first-order valence-electron chi connectivity index (χ1n) is 8.35. The molecule has 0 radical (unpaired) electrons. The van der Waals surface area contributed by atoms with Crippen molar-refractivity contribution in [3.8, 4) is 0 Å². The Kier molecular flexibility index (Phi) is 6.25. The van der Waals surface area contributed by atoms with Gasteiger partial charge in [0.1, 0.15) is 0 Å². The van der Waals surface area contributed by atoms with Gasteiger partial charge in [-0.15, -0.1) is 0 Å². The lowest BCUT2D eigenvalue weighted by Crippen LogP contribution is -2.49. The first-order chi connectivity index (χ1) is 10.5. The number of piperazine rings is 1. The number of amides is 1. The van der Waals surface area contributed by atoms with Crippen molar-refractivity contribution in [2.45, 2.75) is 27.2 Å². The Bertz CT molecular complexity index is 479. The SMILES string of the molecule is Cc1cccc(N2CCN(CC(=O)NCCC(C)C)CC2)c1. The molecule has 2 rings (SSSR count). The lowest BCUT2D eigenvalue weighted by molar-refractivity contribution is -0.122. The summed E-state index contributed by atoms with van der Waals surface area (Å²) in [6.45, 7) is 11.7. The van der Waals surface area contributed by atoms with Crippen molar-refractivity contribution in [3.63, 3.8) is 0 Å². The van der Waals surface area contributed by atoms with E-state index in [1.54, 1.807) is 0 Å². The second-order valence-electron chi connectivity index (χ2n) is 6.63. The molecule has 4 heteroatoms. The minimum atomic E-state index is 0.157. The number of rotatable bonds is 6. The van der Waals surface area contributed by atoms with Crippen LogP contribution in [0.4, 0.5) is 5.69 Å². The molecule has 0 spiro atoms. The molecule has 4 nitrogen and oxygen atoms in total. The van der Waals surface area contributed by atoms with Crippen molar-refractivity contribution in [3.05, 3.63) is 29.8 Å². The van der Waals surface area contributed by atoms with Gasteiger partial charge in [0.25, 0.3) is 0 Å². The maximum atomic E-state index is 11.9. The summed E-state index contributed by atoms with van der Waals surface area (Å²) in [5.41, 5.74) is 2.59. The van der Waals surface area contributed by atoms with Crippen LogP contribution in [0.3, 0.4) is 0 Å². The second kappa shape index (κ2) is 8.18. The van der Waals surface area contributed by atoms with Crippen LogP contribution in [0.1, 0.15) is 25.8 Å². The van der Waals surface area contributed by atoms with Gasteiger partial charge in [0.15, 0.2) is 0 Å². The van der Waals surface area contributed by atoms with Crippen molar-refractivity contribution in [2.24, 2.45) is 5.92 Å². The van der Waals surface area contributed by atoms with Gasteiger partial charge in [-0.3, -0.25) is 9.69 Å². The molecule has 1 N–H and O–H groups in total. The summed E-state index contributed by atoms with van der Waals surface area (Å²) in [5, 5.41) is 3.02. The van der Waals surface area contributed by atoms with Crippen LogP contribution in [0.15, 0.2) is 24.3 Å². The van der Waals surface area contributed by atoms with Crippen molar-refractivity contribution in [2.75, 3.05) is 44.2 Å². The maximum Gasteiger partial charge on any atom is 0.234 e. The molecule has 1 aromatic rings. The molecular weight excluding hydrogens is 274 g/mol. The van der Waals surface area contributed by atoms with Crippen LogP contribution in [0.5, 0.6) is 0 Å². The Morgan fingerprint density at radius 1 is 1.23 bits per heavy atom. The molecule has 1 saturated heterocycles. The number of anilines is 1. The summed E-state index contributed by atoms with van der Waals surface area (Å²) in [7, 11) is 0. The summed E-state index contributed by atoms with van der Waals surface area (Å²) in [4.78, 5) is 16.6. The van der Waals surface area contributed by atoms with Crippen LogP contribution in [-0.2, 0) is 4.79 Å². The normalized spacial score (nSPS) is 16.1. The van der Waals surface area contributed by atoms with Gasteiger partial charge < -0.3 is 10.2 Å². The van der Waals surface area contributed by atoms with E-state index >= 15 is 0 Å². The minimum absolute atomic E-state index is 0.157. The Morgan fingerprint density at radius 3 is 2.59 bits per heavy atom. The summed E-state index contributed by atoms with van der Waals surface area (Å²) >= 11 is 0. The molecule has 1 heterocycles. The Balaban J connectivity index is 1.72. The first-order valence-corrected chi connectivity index (χ1v) is 8.35. The predicted molar refractivity (Wildman–Crippen MR) is 92.3 cm³/mol. The lowest BCUT2D eigenvalue weighted by atomic mass is 10.1. The monoisotopic (exact) mass is 303 g/mol. The van der Waals surface area contributed by atoms with E-state index in [-0.39, 0.29) is 5.91 Å². The number of hydrogen-bond donors (Lipinski definition) is 1. The van der Waals surface area contributed by atoms with E-state index < -0.39 is 0 Å². The molecule has 22 heavy (non-hydrogen) atoms. The minimum Gasteiger partial charge on any atom is -0.369 e. The summed E-state index contributed by atoms with van der Waals surface area (Å²) in [6, 6.07) is 8.63. The summed E-state index contributed by atoms with van der Waals surface area (Å²) < 4.78 is 0. The zero-order valence-corrected chi connectivity index (χ0v) is 14.1. The van der Waals surface area contributed by atoms with Gasteiger partial charge in [0.05, 0.1) is 6.54 Å². The van der Waals surface area contributed by atoms with E-state index in [1.165, 1.54) is 11.3 Å². The molecule has 0 bridgehead atoms. The lowest BCUT2D eigenvalue weighted by Gasteiger charge is -2.35. The van der Waals surface area contributed by atoms with Gasteiger partial charge in [-0.25, -0.2) is 0 Å². The molecular formula is C18H29N3O. The third-order valence-electron chi connectivity index (χ3n) is 4.15. The van der Waals surface area contributed by atoms with Crippen LogP contribution in [-0.4, -0.2) is 50.1 Å². The molecule has 1 amide bonds. The molecule has 122 valence electrons. The Labute approximate surface area is 134 Å². The Hall–Kier alpha value is -1.55. The van der Waals surface area contributed by atoms with Crippen LogP contribution in [0.25, 0.3) is 0 Å². The number of aryl methyl sites for hydroxylation is 1. The van der Waals surface area contributed by atoms with Crippen molar-refractivity contribution in [1.29, 1.82) is 0 Å². The highest BCUT2D eigenvalue weighted by Gasteiger charge is 2.19. The van der Waals surface area contributed by atoms with Crippen LogP contribution in [0, 0.1) is 12.8 Å². The van der Waals surface area contributed by atoms with Crippen LogP contribution < -0.4 is 10.2 Å². The number of nitrogens with one attached hydrogen (secondary N) is 1. The van der Waals surface area contributed by atoms with Gasteiger partial charge in [0, 0.05) is 38.4 Å². The largest absolute Gasteiger partial charge is 0.369 e. The summed E-state index contributed by atoms with van der Waals surface area (Å²) in [6.07, 6.45) is 1.05. The fraction of sp³-hybridized carbons (Fsp3) is 0.611. The molecule has 0 aliphatic carbocycles. The van der Waals surface area contributed by atoms with E-state index in [1.807, 2.05) is 0 Å². The average molecular weight is 303 g/mol. The van der Waals surface area contributed by atoms with E-state index in [2.05, 4.69) is 60.2 Å². The molecule has 0 atom stereocenters. The fourth-order valence-electron chi connectivity index (χ4n) is 2.75. The highest BCUT2D eigenvalue weighted by Crippen LogP contribution is 2.17. The highest BCUT2D eigenvalue weighted by molar-refractivity contribution is 5.78. The standard InChI is InChI=1S/C18H29N3O/c1-15(2)7-8-19-18(22)14-20-9-11-21(12-10-20)17-6-4-5-16(3)13-17/h4-6,13,15H,7-12,14H2,1-3H3,(H,19,22). The van der Waals surface area contributed by atoms with Crippen LogP contribution >= 0.6 is 0 Å². The molecule has 1 aliphatic rings. The first kappa shape index (κ1) is 16.8. The van der Waals surface area contributed by atoms with Crippen molar-refractivity contribution >= 4 is 11.6 Å². The van der Waals surface area contributed by atoms with E-state index in [0.29, 0.717) is 12.5 Å². The zero-order chi connectivity index (χ0) is 15.9. The number of carbonyl (C=O) groups excluding carboxylic acids is 1. The molecule has 0 aromatic heterocycles. The third-order valence-corrected chi connectivity index (χ3v) is 4.15. The number of hydrogen-bond acceptors (Lipinski definition) is 3. The fourth-order valence-corrected chi connectivity index (χ4v) is 2.75. The molecule has 1 aromatic carbocycles. The van der Waals surface area contributed by atoms with Crippen LogP contribution in [0.2, 0.25) is 0 Å². The van der Waals surface area contributed by atoms with Crippen molar-refractivity contribution < 1.29 is 4.79 Å². The topological polar surface area (TPSA) is 35.6 Å². The predicted octanol–water partition coefficient (Wildman–Crippen LogP) is 2.28. The van der Waals surface area contributed by atoms with Gasteiger partial charge in [-0.2, -0.15) is 0 Å². The maximum absolute atomic E-state index is 11.9. The van der Waals surface area contributed by atoms with Gasteiger partial charge in [-0.1, -0.05) is 26.0 Å². The highest BCUT2D eigenvalue weighted by atomic mass is 16.2. The van der Waals surface area contributed by atoms with E-state index in [4.69, 9.17) is 0 Å². The Morgan fingerprint density at radius 2 is 1.95 bits per heavy atom. The third kappa shape index (κ3) is 5.34. The van der Waals surface area contributed by atoms with Gasteiger partial charge in [-0.05, 0) is 37.0 Å². The second-order valence-corrected chi connectivity index (χ2v) is 6.63. The number of benzene rings is 1. The molecule has 0 unspecified atom stereocenters.